The van der Waals surface area contributed by atoms with Crippen LogP contribution in [0.15, 0.2) is 36.7 Å². The van der Waals surface area contributed by atoms with Crippen molar-refractivity contribution in [1.82, 2.24) is 9.78 Å². The Morgan fingerprint density at radius 1 is 1.32 bits per heavy atom. The smallest absolute Gasteiger partial charge is 0.323 e. The molecule has 0 aliphatic rings. The first-order valence-electron chi connectivity index (χ1n) is 7.25. The van der Waals surface area contributed by atoms with Crippen LogP contribution < -0.4 is 10.6 Å². The van der Waals surface area contributed by atoms with Crippen LogP contribution in [0, 0.1) is 5.92 Å². The van der Waals surface area contributed by atoms with Crippen LogP contribution in [0.5, 0.6) is 0 Å². The van der Waals surface area contributed by atoms with Gasteiger partial charge >= 0.3 is 6.03 Å². The number of nitrogens with zero attached hydrogens (tertiary/aromatic N) is 2. The van der Waals surface area contributed by atoms with E-state index in [1.807, 2.05) is 35.1 Å². The van der Waals surface area contributed by atoms with E-state index in [0.29, 0.717) is 18.2 Å². The Bertz CT molecular complexity index is 622. The number of anilines is 2. The van der Waals surface area contributed by atoms with Crippen molar-refractivity contribution in [2.24, 2.45) is 5.92 Å². The fraction of sp³-hybridized carbons (Fsp3) is 0.375. The summed E-state index contributed by atoms with van der Waals surface area (Å²) in [6, 6.07) is 7.24. The number of urea groups is 1. The second-order valence-electron chi connectivity index (χ2n) is 5.51. The largest absolute Gasteiger partial charge is 0.380 e. The number of nitrogens with one attached hydrogen (secondary N) is 2. The minimum atomic E-state index is -0.298. The summed E-state index contributed by atoms with van der Waals surface area (Å²) in [5, 5.41) is 9.82. The number of carbonyl (C=O) groups excluding carboxylic acids is 1. The molecule has 1 aromatic heterocycles. The van der Waals surface area contributed by atoms with Gasteiger partial charge in [-0.3, -0.25) is 4.68 Å². The SMILES string of the molecule is COCc1ccccc1NC(=O)Nc1cnn(CC(C)C)c1. The van der Waals surface area contributed by atoms with Crippen molar-refractivity contribution in [1.29, 1.82) is 0 Å². The van der Waals surface area contributed by atoms with E-state index in [-0.39, 0.29) is 6.03 Å². The van der Waals surface area contributed by atoms with Crippen LogP contribution in [0.1, 0.15) is 19.4 Å². The Balaban J connectivity index is 1.97. The second kappa shape index (κ2) is 7.61. The number of hydrogen-bond donors (Lipinski definition) is 2. The number of hydrogen-bond acceptors (Lipinski definition) is 3. The normalized spacial score (nSPS) is 10.7. The molecule has 0 aliphatic carbocycles. The van der Waals surface area contributed by atoms with Gasteiger partial charge in [-0.05, 0) is 12.0 Å². The van der Waals surface area contributed by atoms with Crippen LogP contribution in [-0.2, 0) is 17.9 Å². The molecule has 0 unspecified atom stereocenters. The topological polar surface area (TPSA) is 68.2 Å². The Kier molecular flexibility index (Phi) is 5.55. The third kappa shape index (κ3) is 4.60. The third-order valence-corrected chi connectivity index (χ3v) is 3.01. The first kappa shape index (κ1) is 16.0. The summed E-state index contributed by atoms with van der Waals surface area (Å²) in [7, 11) is 1.62. The molecular formula is C16H22N4O2. The molecule has 0 atom stereocenters. The standard InChI is InChI=1S/C16H22N4O2/c1-12(2)9-20-10-14(8-17-20)18-16(21)19-15-7-5-4-6-13(15)11-22-3/h4-8,10,12H,9,11H2,1-3H3,(H2,18,19,21). The van der Waals surface area contributed by atoms with E-state index in [1.54, 1.807) is 13.3 Å². The molecule has 0 bridgehead atoms. The summed E-state index contributed by atoms with van der Waals surface area (Å²) in [5.41, 5.74) is 2.33. The van der Waals surface area contributed by atoms with E-state index in [2.05, 4.69) is 29.6 Å². The van der Waals surface area contributed by atoms with Crippen molar-refractivity contribution >= 4 is 17.4 Å². The van der Waals surface area contributed by atoms with Crippen LogP contribution in [-0.4, -0.2) is 22.9 Å². The van der Waals surface area contributed by atoms with Gasteiger partial charge in [-0.25, -0.2) is 4.79 Å². The van der Waals surface area contributed by atoms with Gasteiger partial charge in [-0.1, -0.05) is 32.0 Å². The van der Waals surface area contributed by atoms with Crippen molar-refractivity contribution in [3.63, 3.8) is 0 Å². The molecule has 2 rings (SSSR count). The lowest BCUT2D eigenvalue weighted by atomic mass is 10.2. The first-order valence-corrected chi connectivity index (χ1v) is 7.25. The zero-order valence-corrected chi connectivity index (χ0v) is 13.2. The van der Waals surface area contributed by atoms with E-state index in [1.165, 1.54) is 0 Å². The van der Waals surface area contributed by atoms with E-state index in [0.717, 1.165) is 17.8 Å². The lowest BCUT2D eigenvalue weighted by molar-refractivity contribution is 0.185. The Labute approximate surface area is 130 Å². The molecule has 1 aromatic carbocycles. The highest BCUT2D eigenvalue weighted by Crippen LogP contribution is 2.16. The fourth-order valence-electron chi connectivity index (χ4n) is 2.11. The number of carbonyl (C=O) groups is 1. The van der Waals surface area contributed by atoms with Crippen LogP contribution in [0.3, 0.4) is 0 Å². The Morgan fingerprint density at radius 2 is 2.09 bits per heavy atom. The maximum Gasteiger partial charge on any atom is 0.323 e. The number of methoxy groups -OCH3 is 1. The lowest BCUT2D eigenvalue weighted by Crippen LogP contribution is -2.20. The average Bonchev–Trinajstić information content (AvgIpc) is 2.87. The molecule has 6 nitrogen and oxygen atoms in total. The molecule has 0 radical (unpaired) electrons. The van der Waals surface area contributed by atoms with Gasteiger partial charge in [0.25, 0.3) is 0 Å². The zero-order chi connectivity index (χ0) is 15.9. The van der Waals surface area contributed by atoms with Gasteiger partial charge in [-0.2, -0.15) is 5.10 Å². The number of amides is 2. The molecule has 118 valence electrons. The van der Waals surface area contributed by atoms with Crippen LogP contribution in [0.25, 0.3) is 0 Å². The predicted molar refractivity (Wildman–Crippen MR) is 86.9 cm³/mol. The molecule has 0 saturated heterocycles. The summed E-state index contributed by atoms with van der Waals surface area (Å²) >= 11 is 0. The van der Waals surface area contributed by atoms with Crippen molar-refractivity contribution < 1.29 is 9.53 Å². The molecule has 0 saturated carbocycles. The molecule has 6 heteroatoms. The summed E-state index contributed by atoms with van der Waals surface area (Å²) in [6.07, 6.45) is 3.46. The molecule has 2 aromatic rings. The van der Waals surface area contributed by atoms with Gasteiger partial charge in [0, 0.05) is 31.1 Å². The molecular weight excluding hydrogens is 280 g/mol. The molecule has 0 spiro atoms. The lowest BCUT2D eigenvalue weighted by Gasteiger charge is -2.10. The quantitative estimate of drug-likeness (QED) is 0.860. The second-order valence-corrected chi connectivity index (χ2v) is 5.51. The summed E-state index contributed by atoms with van der Waals surface area (Å²) < 4.78 is 6.94. The van der Waals surface area contributed by atoms with Gasteiger partial charge in [0.2, 0.25) is 0 Å². The van der Waals surface area contributed by atoms with Crippen LogP contribution in [0.2, 0.25) is 0 Å². The molecule has 1 heterocycles. The van der Waals surface area contributed by atoms with Gasteiger partial charge in [0.15, 0.2) is 0 Å². The van der Waals surface area contributed by atoms with Gasteiger partial charge < -0.3 is 15.4 Å². The van der Waals surface area contributed by atoms with Crippen molar-refractivity contribution in [3.8, 4) is 0 Å². The van der Waals surface area contributed by atoms with Crippen LogP contribution in [0.4, 0.5) is 16.2 Å². The van der Waals surface area contributed by atoms with Crippen molar-refractivity contribution in [3.05, 3.63) is 42.2 Å². The van der Waals surface area contributed by atoms with E-state index in [4.69, 9.17) is 4.74 Å². The summed E-state index contributed by atoms with van der Waals surface area (Å²) in [5.74, 6) is 0.502. The predicted octanol–water partition coefficient (Wildman–Crippen LogP) is 3.33. The third-order valence-electron chi connectivity index (χ3n) is 3.01. The summed E-state index contributed by atoms with van der Waals surface area (Å²) in [6.45, 7) is 5.51. The van der Waals surface area contributed by atoms with Crippen molar-refractivity contribution in [2.75, 3.05) is 17.7 Å². The van der Waals surface area contributed by atoms with Gasteiger partial charge in [0.1, 0.15) is 0 Å². The maximum absolute atomic E-state index is 12.1. The minimum Gasteiger partial charge on any atom is -0.380 e. The number of ether oxygens (including phenoxy) is 1. The Hall–Kier alpha value is -2.34. The number of aromatic nitrogens is 2. The van der Waals surface area contributed by atoms with E-state index in [9.17, 15) is 4.79 Å². The average molecular weight is 302 g/mol. The zero-order valence-electron chi connectivity index (χ0n) is 13.2. The summed E-state index contributed by atoms with van der Waals surface area (Å²) in [4.78, 5) is 12.1. The van der Waals surface area contributed by atoms with Gasteiger partial charge in [-0.15, -0.1) is 0 Å². The molecule has 22 heavy (non-hydrogen) atoms. The molecule has 2 N–H and O–H groups in total. The number of benzene rings is 1. The maximum atomic E-state index is 12.1. The monoisotopic (exact) mass is 302 g/mol. The minimum absolute atomic E-state index is 0.298. The molecule has 0 aliphatic heterocycles. The number of para-hydroxylation sites is 1. The van der Waals surface area contributed by atoms with Crippen LogP contribution >= 0.6 is 0 Å². The van der Waals surface area contributed by atoms with E-state index < -0.39 is 0 Å². The molecule has 0 fully saturated rings. The number of rotatable bonds is 6. The van der Waals surface area contributed by atoms with E-state index >= 15 is 0 Å². The highest BCUT2D eigenvalue weighted by atomic mass is 16.5. The highest BCUT2D eigenvalue weighted by Gasteiger charge is 2.08. The highest BCUT2D eigenvalue weighted by molar-refractivity contribution is 6.00. The molecule has 2 amide bonds. The Morgan fingerprint density at radius 3 is 2.82 bits per heavy atom. The van der Waals surface area contributed by atoms with Gasteiger partial charge in [0.05, 0.1) is 18.5 Å². The van der Waals surface area contributed by atoms with Crippen molar-refractivity contribution in [2.45, 2.75) is 27.0 Å². The first-order chi connectivity index (χ1) is 10.6. The fourth-order valence-corrected chi connectivity index (χ4v) is 2.11.